The predicted octanol–water partition coefficient (Wildman–Crippen LogP) is 8.29. The van der Waals surface area contributed by atoms with Crippen LogP contribution in [0.3, 0.4) is 0 Å². The SMILES string of the molecule is CC(C)(C)OC(=O)NCCSc1cc(C2C(c3ccccc3)C(c3cc(Cl)nc(Cl)n3)C2c2ccccc2)nc(Cl)n1. The Morgan fingerprint density at radius 3 is 1.83 bits per heavy atom. The largest absolute Gasteiger partial charge is 0.444 e. The van der Waals surface area contributed by atoms with Gasteiger partial charge in [-0.2, -0.15) is 0 Å². The number of ether oxygens (including phenoxy) is 1. The summed E-state index contributed by atoms with van der Waals surface area (Å²) in [5.41, 5.74) is 3.36. The monoisotopic (exact) mass is 641 g/mol. The van der Waals surface area contributed by atoms with E-state index in [1.54, 1.807) is 6.07 Å². The minimum Gasteiger partial charge on any atom is -0.444 e. The molecule has 4 aromatic rings. The third kappa shape index (κ3) is 7.35. The van der Waals surface area contributed by atoms with Crippen LogP contribution in [0.25, 0.3) is 0 Å². The summed E-state index contributed by atoms with van der Waals surface area (Å²) < 4.78 is 5.32. The van der Waals surface area contributed by atoms with Crippen molar-refractivity contribution >= 4 is 52.7 Å². The summed E-state index contributed by atoms with van der Waals surface area (Å²) in [5.74, 6) is 0.529. The number of nitrogens with zero attached hydrogens (tertiary/aromatic N) is 4. The van der Waals surface area contributed by atoms with Gasteiger partial charge in [-0.15, -0.1) is 11.8 Å². The van der Waals surface area contributed by atoms with E-state index >= 15 is 0 Å². The number of aromatic nitrogens is 4. The molecule has 2 aromatic heterocycles. The van der Waals surface area contributed by atoms with Crippen molar-refractivity contribution < 1.29 is 9.53 Å². The molecule has 0 saturated heterocycles. The number of nitrogens with one attached hydrogen (secondary N) is 1. The number of halogens is 3. The lowest BCUT2D eigenvalue weighted by atomic mass is 9.50. The minimum absolute atomic E-state index is 0.0103. The Bertz CT molecular complexity index is 1470. The Balaban J connectivity index is 1.48. The first-order valence-electron chi connectivity index (χ1n) is 13.5. The van der Waals surface area contributed by atoms with Gasteiger partial charge in [0.1, 0.15) is 15.8 Å². The van der Waals surface area contributed by atoms with Gasteiger partial charge >= 0.3 is 6.09 Å². The second-order valence-corrected chi connectivity index (χ2v) is 13.2. The van der Waals surface area contributed by atoms with E-state index in [-0.39, 0.29) is 34.2 Å². The van der Waals surface area contributed by atoms with E-state index in [9.17, 15) is 4.79 Å². The molecule has 0 spiro atoms. The molecule has 1 fully saturated rings. The van der Waals surface area contributed by atoms with Gasteiger partial charge in [0.05, 0.1) is 11.4 Å². The topological polar surface area (TPSA) is 89.9 Å². The summed E-state index contributed by atoms with van der Waals surface area (Å²) in [6.07, 6.45) is -0.452. The van der Waals surface area contributed by atoms with Gasteiger partial charge in [-0.1, -0.05) is 72.3 Å². The molecule has 1 aliphatic carbocycles. The van der Waals surface area contributed by atoms with Gasteiger partial charge in [-0.05, 0) is 67.2 Å². The molecule has 0 aliphatic heterocycles. The summed E-state index contributed by atoms with van der Waals surface area (Å²) in [6, 6.07) is 24.4. The van der Waals surface area contributed by atoms with Gasteiger partial charge in [0, 0.05) is 36.0 Å². The molecule has 5 rings (SSSR count). The maximum Gasteiger partial charge on any atom is 0.407 e. The van der Waals surface area contributed by atoms with Crippen LogP contribution in [-0.2, 0) is 4.74 Å². The molecule has 2 atom stereocenters. The number of carbonyl (C=O) groups excluding carboxylic acids is 1. The number of hydrogen-bond acceptors (Lipinski definition) is 7. The van der Waals surface area contributed by atoms with Gasteiger partial charge in [0.15, 0.2) is 0 Å². The maximum absolute atomic E-state index is 12.0. The van der Waals surface area contributed by atoms with Crippen LogP contribution in [0.5, 0.6) is 0 Å². The summed E-state index contributed by atoms with van der Waals surface area (Å²) >= 11 is 20.7. The smallest absolute Gasteiger partial charge is 0.407 e. The summed E-state index contributed by atoms with van der Waals surface area (Å²) in [6.45, 7) is 5.90. The quantitative estimate of drug-likeness (QED) is 0.0895. The van der Waals surface area contributed by atoms with Gasteiger partial charge in [0.2, 0.25) is 10.6 Å². The number of benzene rings is 2. The van der Waals surface area contributed by atoms with Crippen molar-refractivity contribution in [1.29, 1.82) is 0 Å². The van der Waals surface area contributed by atoms with Crippen LogP contribution < -0.4 is 5.32 Å². The zero-order chi connectivity index (χ0) is 29.9. The number of carbonyl (C=O) groups is 1. The molecule has 11 heteroatoms. The highest BCUT2D eigenvalue weighted by Gasteiger charge is 2.54. The van der Waals surface area contributed by atoms with Gasteiger partial charge in [-0.3, -0.25) is 0 Å². The summed E-state index contributed by atoms with van der Waals surface area (Å²) in [7, 11) is 0. The van der Waals surface area contributed by atoms with E-state index < -0.39 is 11.7 Å². The predicted molar refractivity (Wildman–Crippen MR) is 168 cm³/mol. The fourth-order valence-electron chi connectivity index (χ4n) is 5.52. The molecular formula is C31H30Cl3N5O2S. The molecule has 1 saturated carbocycles. The average Bonchev–Trinajstić information content (AvgIpc) is 2.90. The summed E-state index contributed by atoms with van der Waals surface area (Å²) in [5, 5.41) is 4.10. The lowest BCUT2D eigenvalue weighted by molar-refractivity contribution is 0.0531. The highest BCUT2D eigenvalue weighted by molar-refractivity contribution is 7.99. The van der Waals surface area contributed by atoms with Crippen molar-refractivity contribution in [2.24, 2.45) is 0 Å². The van der Waals surface area contributed by atoms with E-state index in [1.807, 2.05) is 63.2 Å². The Morgan fingerprint density at radius 1 is 0.786 bits per heavy atom. The van der Waals surface area contributed by atoms with Crippen molar-refractivity contribution in [2.75, 3.05) is 12.3 Å². The van der Waals surface area contributed by atoms with Crippen LogP contribution in [0.2, 0.25) is 15.7 Å². The highest BCUT2D eigenvalue weighted by Crippen LogP contribution is 2.66. The van der Waals surface area contributed by atoms with Crippen molar-refractivity contribution in [3.8, 4) is 0 Å². The Morgan fingerprint density at radius 2 is 1.31 bits per heavy atom. The molecule has 0 radical (unpaired) electrons. The number of rotatable bonds is 8. The molecule has 1 aliphatic rings. The van der Waals surface area contributed by atoms with E-state index in [1.165, 1.54) is 11.8 Å². The lowest BCUT2D eigenvalue weighted by Crippen LogP contribution is -2.41. The maximum atomic E-state index is 12.0. The molecule has 2 unspecified atom stereocenters. The number of hydrogen-bond donors (Lipinski definition) is 1. The first-order valence-corrected chi connectivity index (χ1v) is 15.6. The third-order valence-electron chi connectivity index (χ3n) is 7.00. The van der Waals surface area contributed by atoms with E-state index in [0.717, 1.165) is 27.5 Å². The van der Waals surface area contributed by atoms with E-state index in [4.69, 9.17) is 44.5 Å². The normalized spacial score (nSPS) is 20.0. The number of thioether (sulfide) groups is 1. The van der Waals surface area contributed by atoms with Crippen LogP contribution >= 0.6 is 46.6 Å². The van der Waals surface area contributed by atoms with Crippen LogP contribution in [0.15, 0.2) is 77.8 Å². The third-order valence-corrected chi connectivity index (χ3v) is 8.45. The second kappa shape index (κ2) is 13.2. The molecule has 1 amide bonds. The fraction of sp³-hybridized carbons (Fsp3) is 0.323. The fourth-order valence-corrected chi connectivity index (χ4v) is 6.95. The molecule has 2 heterocycles. The van der Waals surface area contributed by atoms with Crippen LogP contribution in [0.1, 0.15) is 67.0 Å². The van der Waals surface area contributed by atoms with Gasteiger partial charge in [-0.25, -0.2) is 24.7 Å². The molecule has 42 heavy (non-hydrogen) atoms. The van der Waals surface area contributed by atoms with Crippen molar-refractivity contribution in [3.63, 3.8) is 0 Å². The number of alkyl carbamates (subject to hydrolysis) is 1. The van der Waals surface area contributed by atoms with Gasteiger partial charge < -0.3 is 10.1 Å². The van der Waals surface area contributed by atoms with Crippen LogP contribution in [0.4, 0.5) is 4.79 Å². The first kappa shape index (κ1) is 30.5. The van der Waals surface area contributed by atoms with Crippen molar-refractivity contribution in [3.05, 3.63) is 111 Å². The molecular weight excluding hydrogens is 613 g/mol. The Kier molecular flexibility index (Phi) is 9.57. The van der Waals surface area contributed by atoms with E-state index in [0.29, 0.717) is 17.5 Å². The summed E-state index contributed by atoms with van der Waals surface area (Å²) in [4.78, 5) is 29.9. The standard InChI is InChI=1S/C31H30Cl3N5O2S/c1-31(2,3)41-30(40)35-14-15-42-23-17-21(37-29(34)39-23)27-24(18-10-6-4-7-11-18)26(20-16-22(32)38-28(33)36-20)25(27)19-12-8-5-9-13-19/h4-13,16-17,24-27H,14-15H2,1-3H3,(H,35,40). The molecule has 1 N–H and O–H groups in total. The average molecular weight is 643 g/mol. The zero-order valence-corrected chi connectivity index (χ0v) is 26.4. The lowest BCUT2D eigenvalue weighted by Gasteiger charge is -2.52. The molecule has 7 nitrogen and oxygen atoms in total. The second-order valence-electron chi connectivity index (χ2n) is 11.0. The van der Waals surface area contributed by atoms with Crippen molar-refractivity contribution in [2.45, 2.75) is 55.1 Å². The molecule has 0 bridgehead atoms. The minimum atomic E-state index is -0.556. The molecule has 2 aromatic carbocycles. The zero-order valence-electron chi connectivity index (χ0n) is 23.3. The first-order chi connectivity index (χ1) is 20.1. The number of amides is 1. The highest BCUT2D eigenvalue weighted by atomic mass is 35.5. The van der Waals surface area contributed by atoms with Crippen LogP contribution in [-0.4, -0.2) is 43.9 Å². The van der Waals surface area contributed by atoms with Crippen LogP contribution in [0, 0.1) is 0 Å². The molecule has 218 valence electrons. The Hall–Kier alpha value is -2.91. The van der Waals surface area contributed by atoms with E-state index in [2.05, 4.69) is 44.5 Å². The van der Waals surface area contributed by atoms with Crippen molar-refractivity contribution in [1.82, 2.24) is 25.3 Å². The van der Waals surface area contributed by atoms with Gasteiger partial charge in [0.25, 0.3) is 0 Å². The Labute approximate surface area is 264 Å².